The number of carboxylic acid groups (broad SMARTS) is 1. The molecule has 0 saturated heterocycles. The average Bonchev–Trinajstić information content (AvgIpc) is 2.27. The molecular formula is C13H21N3O3. The standard InChI is InChI=1S/C13H21N3O3/c1-9(2)19-12-7-11(14-8-15-12)16-10(3)5-4-6-13(17)18/h7-10H,4-6H2,1-3H3,(H,17,18)(H,14,15,16). The maximum Gasteiger partial charge on any atom is 0.303 e. The topological polar surface area (TPSA) is 84.3 Å². The molecule has 6 nitrogen and oxygen atoms in total. The first kappa shape index (κ1) is 15.2. The van der Waals surface area contributed by atoms with Crippen molar-refractivity contribution in [3.63, 3.8) is 0 Å². The Morgan fingerprint density at radius 1 is 1.42 bits per heavy atom. The number of ether oxygens (including phenoxy) is 1. The van der Waals surface area contributed by atoms with Crippen LogP contribution in [0.15, 0.2) is 12.4 Å². The molecule has 6 heteroatoms. The molecule has 1 heterocycles. The highest BCUT2D eigenvalue weighted by molar-refractivity contribution is 5.66. The number of hydrogen-bond acceptors (Lipinski definition) is 5. The summed E-state index contributed by atoms with van der Waals surface area (Å²) in [5, 5.41) is 11.8. The minimum Gasteiger partial charge on any atom is -0.481 e. The van der Waals surface area contributed by atoms with Gasteiger partial charge in [0.2, 0.25) is 5.88 Å². The molecule has 1 rings (SSSR count). The lowest BCUT2D eigenvalue weighted by Gasteiger charge is -2.15. The molecular weight excluding hydrogens is 246 g/mol. The molecule has 1 aromatic rings. The Kier molecular flexibility index (Phi) is 6.05. The summed E-state index contributed by atoms with van der Waals surface area (Å²) in [4.78, 5) is 18.6. The van der Waals surface area contributed by atoms with Gasteiger partial charge in [0, 0.05) is 18.5 Å². The maximum absolute atomic E-state index is 10.4. The average molecular weight is 267 g/mol. The lowest BCUT2D eigenvalue weighted by Crippen LogP contribution is -2.17. The summed E-state index contributed by atoms with van der Waals surface area (Å²) >= 11 is 0. The lowest BCUT2D eigenvalue weighted by molar-refractivity contribution is -0.137. The van der Waals surface area contributed by atoms with E-state index >= 15 is 0 Å². The molecule has 0 radical (unpaired) electrons. The van der Waals surface area contributed by atoms with Gasteiger partial charge < -0.3 is 15.2 Å². The molecule has 0 saturated carbocycles. The van der Waals surface area contributed by atoms with Gasteiger partial charge in [-0.15, -0.1) is 0 Å². The molecule has 2 N–H and O–H groups in total. The van der Waals surface area contributed by atoms with Gasteiger partial charge in [-0.05, 0) is 33.6 Å². The summed E-state index contributed by atoms with van der Waals surface area (Å²) in [6.07, 6.45) is 3.12. The van der Waals surface area contributed by atoms with Gasteiger partial charge in [0.1, 0.15) is 12.1 Å². The third-order valence-electron chi connectivity index (χ3n) is 2.42. The van der Waals surface area contributed by atoms with Crippen LogP contribution in [0.1, 0.15) is 40.0 Å². The van der Waals surface area contributed by atoms with Crippen LogP contribution in [0.2, 0.25) is 0 Å². The van der Waals surface area contributed by atoms with E-state index in [1.807, 2.05) is 20.8 Å². The third kappa shape index (κ3) is 6.59. The summed E-state index contributed by atoms with van der Waals surface area (Å²) in [5.41, 5.74) is 0. The summed E-state index contributed by atoms with van der Waals surface area (Å²) in [5.74, 6) is 0.459. The van der Waals surface area contributed by atoms with Gasteiger partial charge >= 0.3 is 5.97 Å². The van der Waals surface area contributed by atoms with E-state index in [1.165, 1.54) is 6.33 Å². The zero-order valence-electron chi connectivity index (χ0n) is 11.6. The van der Waals surface area contributed by atoms with Crippen molar-refractivity contribution < 1.29 is 14.6 Å². The summed E-state index contributed by atoms with van der Waals surface area (Å²) in [7, 11) is 0. The fraction of sp³-hybridized carbons (Fsp3) is 0.615. The second-order valence-electron chi connectivity index (χ2n) is 4.74. The van der Waals surface area contributed by atoms with Crippen LogP contribution in [0.4, 0.5) is 5.82 Å². The Balaban J connectivity index is 2.45. The first-order valence-electron chi connectivity index (χ1n) is 6.44. The van der Waals surface area contributed by atoms with E-state index in [1.54, 1.807) is 6.07 Å². The van der Waals surface area contributed by atoms with E-state index in [-0.39, 0.29) is 18.6 Å². The number of nitrogens with one attached hydrogen (secondary N) is 1. The van der Waals surface area contributed by atoms with Crippen molar-refractivity contribution in [2.45, 2.75) is 52.2 Å². The minimum absolute atomic E-state index is 0.0655. The van der Waals surface area contributed by atoms with Gasteiger partial charge in [-0.25, -0.2) is 9.97 Å². The molecule has 1 aromatic heterocycles. The first-order chi connectivity index (χ1) is 8.97. The Morgan fingerprint density at radius 3 is 2.79 bits per heavy atom. The van der Waals surface area contributed by atoms with Gasteiger partial charge in [0.15, 0.2) is 0 Å². The van der Waals surface area contributed by atoms with Crippen LogP contribution in [0.25, 0.3) is 0 Å². The van der Waals surface area contributed by atoms with Crippen molar-refractivity contribution in [3.05, 3.63) is 12.4 Å². The number of anilines is 1. The molecule has 0 bridgehead atoms. The van der Waals surface area contributed by atoms with Crippen LogP contribution in [0.5, 0.6) is 5.88 Å². The predicted molar refractivity (Wildman–Crippen MR) is 72.4 cm³/mol. The number of aliphatic carboxylic acids is 1. The van der Waals surface area contributed by atoms with Gasteiger partial charge in [-0.2, -0.15) is 0 Å². The van der Waals surface area contributed by atoms with Crippen molar-refractivity contribution in [2.75, 3.05) is 5.32 Å². The summed E-state index contributed by atoms with van der Waals surface area (Å²) in [6, 6.07) is 1.90. The molecule has 0 aliphatic rings. The monoisotopic (exact) mass is 267 g/mol. The molecule has 0 fully saturated rings. The number of nitrogens with zero attached hydrogens (tertiary/aromatic N) is 2. The Hall–Kier alpha value is -1.85. The van der Waals surface area contributed by atoms with Gasteiger partial charge in [0.05, 0.1) is 6.10 Å². The quantitative estimate of drug-likeness (QED) is 0.752. The van der Waals surface area contributed by atoms with Crippen LogP contribution < -0.4 is 10.1 Å². The van der Waals surface area contributed by atoms with Crippen LogP contribution in [0.3, 0.4) is 0 Å². The molecule has 106 valence electrons. The number of rotatable bonds is 8. The van der Waals surface area contributed by atoms with Crippen LogP contribution in [0, 0.1) is 0 Å². The van der Waals surface area contributed by atoms with Crippen molar-refractivity contribution in [1.82, 2.24) is 9.97 Å². The highest BCUT2D eigenvalue weighted by Crippen LogP contribution is 2.14. The fourth-order valence-corrected chi connectivity index (χ4v) is 1.61. The second kappa shape index (κ2) is 7.56. The Labute approximate surface area is 113 Å². The van der Waals surface area contributed by atoms with Crippen molar-refractivity contribution in [3.8, 4) is 5.88 Å². The minimum atomic E-state index is -0.762. The van der Waals surface area contributed by atoms with Crippen LogP contribution >= 0.6 is 0 Å². The van der Waals surface area contributed by atoms with E-state index in [2.05, 4.69) is 15.3 Å². The van der Waals surface area contributed by atoms with Gasteiger partial charge in [-0.1, -0.05) is 0 Å². The zero-order valence-corrected chi connectivity index (χ0v) is 11.6. The van der Waals surface area contributed by atoms with Gasteiger partial charge in [-0.3, -0.25) is 4.79 Å². The van der Waals surface area contributed by atoms with Crippen molar-refractivity contribution in [2.24, 2.45) is 0 Å². The fourth-order valence-electron chi connectivity index (χ4n) is 1.61. The third-order valence-corrected chi connectivity index (χ3v) is 2.42. The van der Waals surface area contributed by atoms with E-state index in [9.17, 15) is 4.79 Å². The second-order valence-corrected chi connectivity index (χ2v) is 4.74. The molecule has 19 heavy (non-hydrogen) atoms. The largest absolute Gasteiger partial charge is 0.481 e. The lowest BCUT2D eigenvalue weighted by atomic mass is 10.1. The van der Waals surface area contributed by atoms with E-state index < -0.39 is 5.97 Å². The smallest absolute Gasteiger partial charge is 0.303 e. The summed E-state index contributed by atoms with van der Waals surface area (Å²) in [6.45, 7) is 5.86. The number of carboxylic acids is 1. The van der Waals surface area contributed by atoms with Gasteiger partial charge in [0.25, 0.3) is 0 Å². The number of carbonyl (C=O) groups is 1. The number of hydrogen-bond donors (Lipinski definition) is 2. The molecule has 0 spiro atoms. The van der Waals surface area contributed by atoms with E-state index in [4.69, 9.17) is 9.84 Å². The Morgan fingerprint density at radius 2 is 2.16 bits per heavy atom. The van der Waals surface area contributed by atoms with Crippen molar-refractivity contribution >= 4 is 11.8 Å². The first-order valence-corrected chi connectivity index (χ1v) is 6.44. The molecule has 1 atom stereocenters. The van der Waals surface area contributed by atoms with Crippen molar-refractivity contribution in [1.29, 1.82) is 0 Å². The SMILES string of the molecule is CC(CCCC(=O)O)Nc1cc(OC(C)C)ncn1. The molecule has 0 aromatic carbocycles. The normalized spacial score (nSPS) is 12.2. The molecule has 0 aliphatic heterocycles. The molecule has 0 aliphatic carbocycles. The molecule has 0 amide bonds. The van der Waals surface area contributed by atoms with Crippen LogP contribution in [-0.4, -0.2) is 33.2 Å². The summed E-state index contributed by atoms with van der Waals surface area (Å²) < 4.78 is 5.48. The van der Waals surface area contributed by atoms with E-state index in [0.29, 0.717) is 18.1 Å². The highest BCUT2D eigenvalue weighted by atomic mass is 16.5. The Bertz CT molecular complexity index is 410. The number of aromatic nitrogens is 2. The van der Waals surface area contributed by atoms with Crippen LogP contribution in [-0.2, 0) is 4.79 Å². The predicted octanol–water partition coefficient (Wildman–Crippen LogP) is 2.32. The zero-order chi connectivity index (χ0) is 14.3. The maximum atomic E-state index is 10.4. The highest BCUT2D eigenvalue weighted by Gasteiger charge is 2.07. The van der Waals surface area contributed by atoms with E-state index in [0.717, 1.165) is 6.42 Å². The molecule has 1 unspecified atom stereocenters.